The number of rotatable bonds is 72. The summed E-state index contributed by atoms with van der Waals surface area (Å²) in [7, 11) is 3.28. The van der Waals surface area contributed by atoms with Crippen LogP contribution < -0.4 is 0 Å². The van der Waals surface area contributed by atoms with E-state index in [4.69, 9.17) is 104 Å². The number of methoxy groups -OCH3 is 2. The van der Waals surface area contributed by atoms with Crippen molar-refractivity contribution in [2.24, 2.45) is 0 Å². The van der Waals surface area contributed by atoms with Crippen LogP contribution in [0.1, 0.15) is 51.4 Å². The first-order valence-electron chi connectivity index (χ1n) is 28.0. The Hall–Kier alpha value is -1.41. The fourth-order valence-corrected chi connectivity index (χ4v) is 6.04. The molecule has 1 N–H and O–H groups in total. The third-order valence-corrected chi connectivity index (χ3v) is 10.2. The van der Waals surface area contributed by atoms with Crippen LogP contribution in [0.2, 0.25) is 0 Å². The van der Waals surface area contributed by atoms with Gasteiger partial charge in [-0.25, -0.2) is 4.79 Å². The molecule has 0 aliphatic rings. The molecule has 0 aliphatic carbocycles. The minimum atomic E-state index is -1.00. The number of aliphatic carboxylic acids is 1. The maximum absolute atomic E-state index is 11.6. The van der Waals surface area contributed by atoms with Gasteiger partial charge in [-0.2, -0.15) is 0 Å². The Morgan fingerprint density at radius 3 is 0.597 bits per heavy atom. The SMILES string of the molecule is COCCOCCOCCOCCOCCOCCOCCOCCOCCOCCCCCCOCC(OCCCCCCOCCOCCOCCOCCOCCOCCOCCOCCOCCOC)C(=O)O. The van der Waals surface area contributed by atoms with Crippen LogP contribution in [0.4, 0.5) is 0 Å². The van der Waals surface area contributed by atoms with Gasteiger partial charge in [0.25, 0.3) is 0 Å². The smallest absolute Gasteiger partial charge is 0.335 e. The van der Waals surface area contributed by atoms with Crippen molar-refractivity contribution < 1.29 is 114 Å². The fourth-order valence-electron chi connectivity index (χ4n) is 6.04. The van der Waals surface area contributed by atoms with E-state index >= 15 is 0 Å². The van der Waals surface area contributed by atoms with Crippen LogP contribution in [0.15, 0.2) is 0 Å². The molecule has 0 aromatic carbocycles. The molecule has 0 saturated carbocycles. The minimum Gasteiger partial charge on any atom is -0.479 e. The molecule has 24 heteroatoms. The van der Waals surface area contributed by atoms with Crippen molar-refractivity contribution in [2.75, 3.05) is 285 Å². The van der Waals surface area contributed by atoms with Gasteiger partial charge in [-0.05, 0) is 25.7 Å². The zero-order chi connectivity index (χ0) is 55.4. The molecule has 1 atom stereocenters. The normalized spacial score (nSPS) is 12.1. The zero-order valence-corrected chi connectivity index (χ0v) is 47.6. The van der Waals surface area contributed by atoms with Gasteiger partial charge in [0.1, 0.15) is 0 Å². The largest absolute Gasteiger partial charge is 0.479 e. The third-order valence-electron chi connectivity index (χ3n) is 10.2. The summed E-state index contributed by atoms with van der Waals surface area (Å²) in [6, 6.07) is 0. The summed E-state index contributed by atoms with van der Waals surface area (Å²) in [6.07, 6.45) is 6.44. The van der Waals surface area contributed by atoms with Gasteiger partial charge in [-0.1, -0.05) is 25.7 Å². The van der Waals surface area contributed by atoms with Gasteiger partial charge in [-0.15, -0.1) is 0 Å². The second-order valence-electron chi connectivity index (χ2n) is 16.6. The highest BCUT2D eigenvalue weighted by molar-refractivity contribution is 5.72. The first kappa shape index (κ1) is 75.6. The third kappa shape index (κ3) is 68.8. The standard InChI is InChI=1S/C53H106O24/c1-56-15-17-60-23-25-64-31-33-68-39-41-72-47-49-74-45-43-70-37-35-66-29-27-62-21-19-58-11-7-3-4-9-13-76-51-52(53(54)55)77-14-10-6-5-8-12-59-20-22-63-28-30-67-36-38-71-44-46-75-50-48-73-42-40-69-34-32-65-26-24-61-18-16-57-2/h52H,3-51H2,1-2H3,(H,54,55). The molecular formula is C53H106O24. The first-order valence-corrected chi connectivity index (χ1v) is 28.0. The number of hydrogen-bond acceptors (Lipinski definition) is 23. The molecule has 0 fully saturated rings. The molecule has 0 aromatic heterocycles. The van der Waals surface area contributed by atoms with Gasteiger partial charge in [0.05, 0.1) is 244 Å². The van der Waals surface area contributed by atoms with Gasteiger partial charge in [0, 0.05) is 40.6 Å². The minimum absolute atomic E-state index is 0.0449. The van der Waals surface area contributed by atoms with Crippen molar-refractivity contribution in [3.63, 3.8) is 0 Å². The molecule has 0 radical (unpaired) electrons. The average molecular weight is 1130 g/mol. The van der Waals surface area contributed by atoms with Crippen molar-refractivity contribution in [3.05, 3.63) is 0 Å². The predicted octanol–water partition coefficient (Wildman–Crippen LogP) is 3.19. The Morgan fingerprint density at radius 2 is 0.403 bits per heavy atom. The highest BCUT2D eigenvalue weighted by Gasteiger charge is 2.18. The zero-order valence-electron chi connectivity index (χ0n) is 47.6. The quantitative estimate of drug-likeness (QED) is 0.0861. The second kappa shape index (κ2) is 70.7. The van der Waals surface area contributed by atoms with Crippen molar-refractivity contribution >= 4 is 5.97 Å². The molecule has 77 heavy (non-hydrogen) atoms. The Morgan fingerprint density at radius 1 is 0.234 bits per heavy atom. The molecule has 0 aromatic rings. The summed E-state index contributed by atoms with van der Waals surface area (Å²) < 4.78 is 120. The van der Waals surface area contributed by atoms with E-state index in [-0.39, 0.29) is 6.61 Å². The number of hydrogen-bond donors (Lipinski definition) is 1. The maximum Gasteiger partial charge on any atom is 0.335 e. The average Bonchev–Trinajstić information content (AvgIpc) is 3.43. The molecule has 0 bridgehead atoms. The number of ether oxygens (including phenoxy) is 22. The summed E-state index contributed by atoms with van der Waals surface area (Å²) in [6.45, 7) is 20.8. The predicted molar refractivity (Wildman–Crippen MR) is 284 cm³/mol. The van der Waals surface area contributed by atoms with Gasteiger partial charge in [-0.3, -0.25) is 0 Å². The molecular weight excluding hydrogens is 1020 g/mol. The topological polar surface area (TPSA) is 240 Å². The van der Waals surface area contributed by atoms with E-state index in [1.165, 1.54) is 0 Å². The van der Waals surface area contributed by atoms with Crippen LogP contribution in [0.25, 0.3) is 0 Å². The van der Waals surface area contributed by atoms with Crippen LogP contribution >= 0.6 is 0 Å². The molecule has 0 aliphatic heterocycles. The van der Waals surface area contributed by atoms with Crippen LogP contribution in [0.5, 0.6) is 0 Å². The van der Waals surface area contributed by atoms with E-state index in [0.29, 0.717) is 264 Å². The second-order valence-corrected chi connectivity index (χ2v) is 16.6. The number of carboxylic acids is 1. The number of carboxylic acid groups (broad SMARTS) is 1. The summed E-state index contributed by atoms with van der Waals surface area (Å²) in [5.41, 5.74) is 0. The molecule has 0 heterocycles. The molecule has 0 rings (SSSR count). The molecule has 0 spiro atoms. The van der Waals surface area contributed by atoms with Crippen molar-refractivity contribution in [1.82, 2.24) is 0 Å². The number of carbonyl (C=O) groups is 1. The maximum atomic E-state index is 11.6. The summed E-state index contributed by atoms with van der Waals surface area (Å²) in [5, 5.41) is 9.52. The van der Waals surface area contributed by atoms with Gasteiger partial charge in [0.2, 0.25) is 0 Å². The van der Waals surface area contributed by atoms with Crippen LogP contribution in [-0.4, -0.2) is 302 Å². The first-order chi connectivity index (χ1) is 38.2. The van der Waals surface area contributed by atoms with Crippen molar-refractivity contribution in [2.45, 2.75) is 57.5 Å². The lowest BCUT2D eigenvalue weighted by molar-refractivity contribution is -0.154. The fraction of sp³-hybridized carbons (Fsp3) is 0.981. The lowest BCUT2D eigenvalue weighted by Gasteiger charge is -2.14. The molecule has 1 unspecified atom stereocenters. The summed E-state index contributed by atoms with van der Waals surface area (Å²) in [5.74, 6) is -1.00. The lowest BCUT2D eigenvalue weighted by Crippen LogP contribution is -2.29. The molecule has 24 nitrogen and oxygen atoms in total. The van der Waals surface area contributed by atoms with Crippen LogP contribution in [-0.2, 0) is 109 Å². The van der Waals surface area contributed by atoms with Gasteiger partial charge in [0.15, 0.2) is 6.10 Å². The summed E-state index contributed by atoms with van der Waals surface area (Å²) in [4.78, 5) is 11.6. The van der Waals surface area contributed by atoms with E-state index < -0.39 is 12.1 Å². The molecule has 462 valence electrons. The lowest BCUT2D eigenvalue weighted by atomic mass is 10.2. The number of unbranched alkanes of at least 4 members (excludes halogenated alkanes) is 6. The van der Waals surface area contributed by atoms with E-state index in [1.54, 1.807) is 14.2 Å². The highest BCUT2D eigenvalue weighted by atomic mass is 16.6. The van der Waals surface area contributed by atoms with Gasteiger partial charge >= 0.3 is 5.97 Å². The van der Waals surface area contributed by atoms with E-state index in [9.17, 15) is 9.90 Å². The van der Waals surface area contributed by atoms with E-state index in [1.807, 2.05) is 0 Å². The Balaban J connectivity index is 3.27. The highest BCUT2D eigenvalue weighted by Crippen LogP contribution is 2.05. The Kier molecular flexibility index (Phi) is 69.4. The van der Waals surface area contributed by atoms with Crippen LogP contribution in [0, 0.1) is 0 Å². The Bertz CT molecular complexity index is 1080. The molecule has 0 amide bonds. The molecule has 0 saturated heterocycles. The Labute approximate surface area is 461 Å². The van der Waals surface area contributed by atoms with Crippen molar-refractivity contribution in [1.29, 1.82) is 0 Å². The van der Waals surface area contributed by atoms with E-state index in [2.05, 4.69) is 0 Å². The van der Waals surface area contributed by atoms with E-state index in [0.717, 1.165) is 51.4 Å². The van der Waals surface area contributed by atoms with Gasteiger partial charge < -0.3 is 109 Å². The monoisotopic (exact) mass is 1130 g/mol. The van der Waals surface area contributed by atoms with Crippen LogP contribution in [0.3, 0.4) is 0 Å². The summed E-state index contributed by atoms with van der Waals surface area (Å²) >= 11 is 0. The van der Waals surface area contributed by atoms with Crippen molar-refractivity contribution in [3.8, 4) is 0 Å².